The van der Waals surface area contributed by atoms with E-state index in [4.69, 9.17) is 0 Å². The summed E-state index contributed by atoms with van der Waals surface area (Å²) in [6, 6.07) is 7.43. The minimum atomic E-state index is -4.58. The smallest absolute Gasteiger partial charge is 0.311 e. The predicted molar refractivity (Wildman–Crippen MR) is 91.5 cm³/mol. The number of hydrogen-bond donors (Lipinski definition) is 1. The number of hydrogen-bond acceptors (Lipinski definition) is 2. The molecule has 6 heteroatoms. The summed E-state index contributed by atoms with van der Waals surface area (Å²) in [5.41, 5.74) is 0.0731. The third-order valence-electron chi connectivity index (χ3n) is 4.28. The summed E-state index contributed by atoms with van der Waals surface area (Å²) in [4.78, 5) is 4.12. The summed E-state index contributed by atoms with van der Waals surface area (Å²) < 4.78 is 52.8. The number of nitrogens with zero attached hydrogens (tertiary/aromatic N) is 1. The van der Waals surface area contributed by atoms with Gasteiger partial charge in [-0.1, -0.05) is 6.58 Å². The van der Waals surface area contributed by atoms with Crippen molar-refractivity contribution in [3.63, 3.8) is 0 Å². The lowest BCUT2D eigenvalue weighted by Gasteiger charge is -2.26. The molecule has 0 amide bonds. The minimum Gasteiger partial charge on any atom is -0.311 e. The van der Waals surface area contributed by atoms with E-state index < -0.39 is 17.3 Å². The third-order valence-corrected chi connectivity index (χ3v) is 4.28. The first kappa shape index (κ1) is 19.1. The van der Waals surface area contributed by atoms with Gasteiger partial charge < -0.3 is 5.32 Å². The van der Waals surface area contributed by atoms with Gasteiger partial charge in [-0.05, 0) is 69.3 Å². The average Bonchev–Trinajstić information content (AvgIpc) is 2.55. The van der Waals surface area contributed by atoms with Gasteiger partial charge in [0.25, 0.3) is 0 Å². The van der Waals surface area contributed by atoms with Gasteiger partial charge in [-0.3, -0.25) is 0 Å². The minimum absolute atomic E-state index is 0.245. The number of allylic oxidation sites excluding steroid dienone is 1. The Morgan fingerprint density at radius 3 is 2.28 bits per heavy atom. The van der Waals surface area contributed by atoms with Gasteiger partial charge in [-0.2, -0.15) is 13.2 Å². The quantitative estimate of drug-likeness (QED) is 0.763. The largest absolute Gasteiger partial charge is 0.417 e. The molecule has 0 aliphatic carbocycles. The Morgan fingerprint density at radius 1 is 1.12 bits per heavy atom. The standard InChI is InChI=1S/C19H20F4N2/c1-11-8-13(6-7-15(11)20)17-10-14(18(3,4)24-5)9-16(25-17)12(2)19(21,22)23/h6-10,24H,2H2,1,3-5H3. The van der Waals surface area contributed by atoms with Crippen LogP contribution in [0.5, 0.6) is 0 Å². The highest BCUT2D eigenvalue weighted by Crippen LogP contribution is 2.35. The fourth-order valence-electron chi connectivity index (χ4n) is 2.29. The van der Waals surface area contributed by atoms with Crippen LogP contribution in [0.15, 0.2) is 36.9 Å². The third kappa shape index (κ3) is 4.07. The van der Waals surface area contributed by atoms with Crippen molar-refractivity contribution in [2.75, 3.05) is 7.05 Å². The molecule has 1 aromatic heterocycles. The van der Waals surface area contributed by atoms with Crippen molar-refractivity contribution >= 4 is 5.57 Å². The van der Waals surface area contributed by atoms with Gasteiger partial charge in [0.05, 0.1) is 17.0 Å². The summed E-state index contributed by atoms with van der Waals surface area (Å²) in [5.74, 6) is -0.379. The first-order valence-electron chi connectivity index (χ1n) is 7.70. The number of benzene rings is 1. The van der Waals surface area contributed by atoms with Gasteiger partial charge in [0, 0.05) is 11.1 Å². The van der Waals surface area contributed by atoms with Gasteiger partial charge in [-0.25, -0.2) is 9.37 Å². The van der Waals surface area contributed by atoms with Crippen LogP contribution in [0.3, 0.4) is 0 Å². The van der Waals surface area contributed by atoms with Crippen LogP contribution in [0.2, 0.25) is 0 Å². The molecule has 134 valence electrons. The number of aryl methyl sites for hydroxylation is 1. The van der Waals surface area contributed by atoms with E-state index in [-0.39, 0.29) is 11.5 Å². The van der Waals surface area contributed by atoms with Crippen molar-refractivity contribution in [2.24, 2.45) is 0 Å². The summed E-state index contributed by atoms with van der Waals surface area (Å²) in [6.45, 7) is 8.44. The first-order valence-corrected chi connectivity index (χ1v) is 7.70. The molecule has 0 unspecified atom stereocenters. The van der Waals surface area contributed by atoms with E-state index in [1.54, 1.807) is 26.1 Å². The zero-order chi connectivity index (χ0) is 19.0. The number of halogens is 4. The van der Waals surface area contributed by atoms with Crippen LogP contribution in [0.4, 0.5) is 17.6 Å². The van der Waals surface area contributed by atoms with Gasteiger partial charge in [0.1, 0.15) is 5.82 Å². The van der Waals surface area contributed by atoms with Crippen molar-refractivity contribution in [3.05, 3.63) is 59.5 Å². The molecule has 0 aliphatic heterocycles. The molecule has 0 fully saturated rings. The Labute approximate surface area is 144 Å². The SMILES string of the molecule is C=C(c1cc(C(C)(C)NC)cc(-c2ccc(F)c(C)c2)n1)C(F)(F)F. The van der Waals surface area contributed by atoms with Crippen molar-refractivity contribution in [1.82, 2.24) is 10.3 Å². The number of nitrogens with one attached hydrogen (secondary N) is 1. The van der Waals surface area contributed by atoms with Crippen LogP contribution in [-0.2, 0) is 5.54 Å². The second-order valence-corrected chi connectivity index (χ2v) is 6.44. The first-order chi connectivity index (χ1) is 11.5. The summed E-state index contributed by atoms with van der Waals surface area (Å²) in [7, 11) is 1.72. The van der Waals surface area contributed by atoms with Crippen LogP contribution < -0.4 is 5.32 Å². The fourth-order valence-corrected chi connectivity index (χ4v) is 2.29. The van der Waals surface area contributed by atoms with Crippen molar-refractivity contribution < 1.29 is 17.6 Å². The van der Waals surface area contributed by atoms with Crippen LogP contribution in [0.1, 0.15) is 30.7 Å². The van der Waals surface area contributed by atoms with Crippen molar-refractivity contribution in [2.45, 2.75) is 32.5 Å². The Morgan fingerprint density at radius 2 is 1.76 bits per heavy atom. The molecule has 25 heavy (non-hydrogen) atoms. The second kappa shape index (κ2) is 6.59. The van der Waals surface area contributed by atoms with Crippen LogP contribution in [-0.4, -0.2) is 18.2 Å². The molecule has 1 heterocycles. The van der Waals surface area contributed by atoms with Gasteiger partial charge >= 0.3 is 6.18 Å². The lowest BCUT2D eigenvalue weighted by Crippen LogP contribution is -2.33. The van der Waals surface area contributed by atoms with E-state index in [0.717, 1.165) is 0 Å². The number of rotatable bonds is 4. The van der Waals surface area contributed by atoms with Crippen LogP contribution in [0, 0.1) is 12.7 Å². The van der Waals surface area contributed by atoms with Gasteiger partial charge in [-0.15, -0.1) is 0 Å². The molecule has 2 nitrogen and oxygen atoms in total. The van der Waals surface area contributed by atoms with Gasteiger partial charge in [0.2, 0.25) is 0 Å². The summed E-state index contributed by atoms with van der Waals surface area (Å²) in [6.07, 6.45) is -4.58. The molecule has 0 radical (unpaired) electrons. The summed E-state index contributed by atoms with van der Waals surface area (Å²) in [5, 5.41) is 3.06. The Balaban J connectivity index is 2.69. The topological polar surface area (TPSA) is 24.9 Å². The van der Waals surface area contributed by atoms with E-state index in [0.29, 0.717) is 22.4 Å². The molecular formula is C19H20F4N2. The highest BCUT2D eigenvalue weighted by Gasteiger charge is 2.35. The predicted octanol–water partition coefficient (Wildman–Crippen LogP) is 5.23. The molecular weight excluding hydrogens is 332 g/mol. The molecule has 1 N–H and O–H groups in total. The monoisotopic (exact) mass is 352 g/mol. The molecule has 2 aromatic rings. The Bertz CT molecular complexity index is 808. The molecule has 2 rings (SSSR count). The molecule has 0 saturated carbocycles. The lowest BCUT2D eigenvalue weighted by molar-refractivity contribution is -0.0689. The fraction of sp³-hybridized carbons (Fsp3) is 0.316. The average molecular weight is 352 g/mol. The maximum absolute atomic E-state index is 13.5. The number of aromatic nitrogens is 1. The molecule has 1 aromatic carbocycles. The maximum Gasteiger partial charge on any atom is 0.417 e. The lowest BCUT2D eigenvalue weighted by atomic mass is 9.92. The van der Waals surface area contributed by atoms with Crippen LogP contribution >= 0.6 is 0 Å². The van der Waals surface area contributed by atoms with Gasteiger partial charge in [0.15, 0.2) is 0 Å². The summed E-state index contributed by atoms with van der Waals surface area (Å²) >= 11 is 0. The highest BCUT2D eigenvalue weighted by molar-refractivity contribution is 5.70. The van der Waals surface area contributed by atoms with Crippen molar-refractivity contribution in [1.29, 1.82) is 0 Å². The highest BCUT2D eigenvalue weighted by atomic mass is 19.4. The van der Waals surface area contributed by atoms with Crippen molar-refractivity contribution in [3.8, 4) is 11.3 Å². The Kier molecular flexibility index (Phi) is 5.04. The second-order valence-electron chi connectivity index (χ2n) is 6.44. The van der Waals surface area contributed by atoms with E-state index in [1.807, 2.05) is 13.8 Å². The van der Waals surface area contributed by atoms with E-state index in [9.17, 15) is 17.6 Å². The molecule has 0 bridgehead atoms. The number of pyridine rings is 1. The molecule has 0 atom stereocenters. The molecule has 0 saturated heterocycles. The van der Waals surface area contributed by atoms with Crippen LogP contribution in [0.25, 0.3) is 16.8 Å². The van der Waals surface area contributed by atoms with E-state index >= 15 is 0 Å². The molecule has 0 aliphatic rings. The Hall–Kier alpha value is -2.21. The molecule has 0 spiro atoms. The van der Waals surface area contributed by atoms with E-state index in [1.165, 1.54) is 18.2 Å². The normalized spacial score (nSPS) is 12.3. The number of alkyl halides is 3. The van der Waals surface area contributed by atoms with E-state index in [2.05, 4.69) is 16.9 Å². The maximum atomic E-state index is 13.5. The zero-order valence-corrected chi connectivity index (χ0v) is 14.6. The zero-order valence-electron chi connectivity index (χ0n) is 14.6.